The van der Waals surface area contributed by atoms with E-state index in [0.717, 1.165) is 6.42 Å². The Balaban J connectivity index is 2.28. The number of aliphatic hydroxyl groups excluding tert-OH is 1. The van der Waals surface area contributed by atoms with Crippen molar-refractivity contribution in [1.29, 1.82) is 0 Å². The molecule has 0 aliphatic heterocycles. The van der Waals surface area contributed by atoms with Gasteiger partial charge in [-0.1, -0.05) is 18.2 Å². The Hall–Kier alpha value is -1.36. The summed E-state index contributed by atoms with van der Waals surface area (Å²) in [4.78, 5) is 2.00. The molecule has 1 heterocycles. The van der Waals surface area contributed by atoms with Crippen molar-refractivity contribution >= 4 is 10.9 Å². The van der Waals surface area contributed by atoms with Crippen molar-refractivity contribution < 1.29 is 5.11 Å². The lowest BCUT2D eigenvalue weighted by atomic mass is 10.1. The number of aromatic nitrogens is 1. The predicted octanol–water partition coefficient (Wildman–Crippen LogP) is 1.45. The van der Waals surface area contributed by atoms with Gasteiger partial charge in [0.15, 0.2) is 0 Å². The zero-order chi connectivity index (χ0) is 14.7. The molecule has 2 unspecified atom stereocenters. The predicted molar refractivity (Wildman–Crippen MR) is 83.9 cm³/mol. The molecule has 0 bridgehead atoms. The van der Waals surface area contributed by atoms with Crippen molar-refractivity contribution in [2.75, 3.05) is 20.6 Å². The van der Waals surface area contributed by atoms with Crippen LogP contribution in [0.5, 0.6) is 0 Å². The van der Waals surface area contributed by atoms with Crippen LogP contribution in [0.1, 0.15) is 12.5 Å². The number of hydrogen-bond donors (Lipinski definition) is 2. The van der Waals surface area contributed by atoms with E-state index in [1.807, 2.05) is 38.1 Å². The van der Waals surface area contributed by atoms with Gasteiger partial charge in [-0.25, -0.2) is 0 Å². The molecule has 0 spiro atoms. The summed E-state index contributed by atoms with van der Waals surface area (Å²) in [6.07, 6.45) is 2.62. The van der Waals surface area contributed by atoms with E-state index in [9.17, 15) is 5.11 Å². The maximum Gasteiger partial charge on any atom is 0.0845 e. The minimum Gasteiger partial charge on any atom is -0.390 e. The van der Waals surface area contributed by atoms with E-state index in [1.165, 1.54) is 16.5 Å². The second kappa shape index (κ2) is 6.39. The van der Waals surface area contributed by atoms with Gasteiger partial charge in [0.05, 0.1) is 6.10 Å². The molecule has 0 aliphatic carbocycles. The van der Waals surface area contributed by atoms with Gasteiger partial charge in [0.2, 0.25) is 0 Å². The van der Waals surface area contributed by atoms with E-state index in [2.05, 4.69) is 22.9 Å². The largest absolute Gasteiger partial charge is 0.390 e. The molecular formula is C16H25N3O. The summed E-state index contributed by atoms with van der Waals surface area (Å²) in [5, 5.41) is 11.4. The molecule has 20 heavy (non-hydrogen) atoms. The summed E-state index contributed by atoms with van der Waals surface area (Å²) < 4.78 is 2.14. The van der Waals surface area contributed by atoms with Crippen LogP contribution in [-0.2, 0) is 13.0 Å². The number of fused-ring (bicyclic) bond motifs is 1. The van der Waals surface area contributed by atoms with E-state index < -0.39 is 0 Å². The molecule has 1 aromatic carbocycles. The first-order valence-electron chi connectivity index (χ1n) is 7.12. The monoisotopic (exact) mass is 275 g/mol. The molecule has 110 valence electrons. The molecule has 3 N–H and O–H groups in total. The Kier molecular flexibility index (Phi) is 4.81. The van der Waals surface area contributed by atoms with Crippen LogP contribution in [0.2, 0.25) is 0 Å². The number of para-hydroxylation sites is 1. The molecule has 1 aromatic heterocycles. The van der Waals surface area contributed by atoms with Crippen LogP contribution in [0.3, 0.4) is 0 Å². The van der Waals surface area contributed by atoms with Gasteiger partial charge in [-0.15, -0.1) is 0 Å². The lowest BCUT2D eigenvalue weighted by Gasteiger charge is -2.17. The topological polar surface area (TPSA) is 54.4 Å². The quantitative estimate of drug-likeness (QED) is 0.839. The minimum atomic E-state index is -0.371. The molecule has 2 aromatic rings. The van der Waals surface area contributed by atoms with E-state index in [0.29, 0.717) is 13.1 Å². The number of nitrogens with two attached hydrogens (primary N) is 1. The third kappa shape index (κ3) is 3.60. The van der Waals surface area contributed by atoms with E-state index in [-0.39, 0.29) is 12.1 Å². The fourth-order valence-corrected chi connectivity index (χ4v) is 2.69. The molecule has 0 amide bonds. The molecule has 2 rings (SSSR count). The number of aliphatic hydroxyl groups is 1. The van der Waals surface area contributed by atoms with Crippen LogP contribution >= 0.6 is 0 Å². The normalized spacial score (nSPS) is 14.9. The first-order chi connectivity index (χ1) is 9.47. The van der Waals surface area contributed by atoms with Crippen molar-refractivity contribution in [3.8, 4) is 0 Å². The van der Waals surface area contributed by atoms with Crippen molar-refractivity contribution in [1.82, 2.24) is 9.47 Å². The molecule has 4 heteroatoms. The highest BCUT2D eigenvalue weighted by Crippen LogP contribution is 2.22. The Bertz CT molecular complexity index is 560. The number of nitrogens with zero attached hydrogens (tertiary/aromatic N) is 2. The summed E-state index contributed by atoms with van der Waals surface area (Å²) in [7, 11) is 3.94. The van der Waals surface area contributed by atoms with Crippen molar-refractivity contribution in [2.45, 2.75) is 32.0 Å². The number of likely N-dealkylation sites (N-methyl/N-ethyl adjacent to an activating group) is 1. The van der Waals surface area contributed by atoms with Crippen LogP contribution in [0.4, 0.5) is 0 Å². The number of benzene rings is 1. The van der Waals surface area contributed by atoms with E-state index in [4.69, 9.17) is 5.73 Å². The zero-order valence-corrected chi connectivity index (χ0v) is 12.6. The highest BCUT2D eigenvalue weighted by molar-refractivity contribution is 5.84. The third-order valence-corrected chi connectivity index (χ3v) is 3.40. The molecule has 0 radical (unpaired) electrons. The maximum atomic E-state index is 10.1. The highest BCUT2D eigenvalue weighted by Gasteiger charge is 2.13. The van der Waals surface area contributed by atoms with Crippen molar-refractivity contribution in [3.63, 3.8) is 0 Å². The lowest BCUT2D eigenvalue weighted by molar-refractivity contribution is 0.121. The molecule has 0 saturated heterocycles. The summed E-state index contributed by atoms with van der Waals surface area (Å²) in [5.41, 5.74) is 8.35. The van der Waals surface area contributed by atoms with Gasteiger partial charge in [0, 0.05) is 36.2 Å². The average molecular weight is 275 g/mol. The van der Waals surface area contributed by atoms with E-state index in [1.54, 1.807) is 0 Å². The van der Waals surface area contributed by atoms with Gasteiger partial charge in [0.1, 0.15) is 0 Å². The minimum absolute atomic E-state index is 0.140. The molecule has 0 fully saturated rings. The van der Waals surface area contributed by atoms with Crippen LogP contribution in [0, 0.1) is 0 Å². The van der Waals surface area contributed by atoms with Gasteiger partial charge in [-0.3, -0.25) is 0 Å². The fourth-order valence-electron chi connectivity index (χ4n) is 2.69. The average Bonchev–Trinajstić information content (AvgIpc) is 2.66. The van der Waals surface area contributed by atoms with Gasteiger partial charge >= 0.3 is 0 Å². The van der Waals surface area contributed by atoms with Crippen LogP contribution < -0.4 is 5.73 Å². The second-order valence-corrected chi connectivity index (χ2v) is 5.92. The lowest BCUT2D eigenvalue weighted by Crippen LogP contribution is -2.29. The molecule has 2 atom stereocenters. The standard InChI is InChI=1S/C16H25N3O/c1-12(17)8-13-9-19(11-14(20)10-18(2)3)16-7-5-4-6-15(13)16/h4-7,9,12,14,20H,8,10-11,17H2,1-3H3. The fraction of sp³-hybridized carbons (Fsp3) is 0.500. The smallest absolute Gasteiger partial charge is 0.0845 e. The van der Waals surface area contributed by atoms with Crippen molar-refractivity contribution in [2.24, 2.45) is 5.73 Å². The summed E-state index contributed by atoms with van der Waals surface area (Å²) in [6, 6.07) is 8.45. The number of hydrogen-bond acceptors (Lipinski definition) is 3. The SMILES string of the molecule is CC(N)Cc1cn(CC(O)CN(C)C)c2ccccc12. The Labute approximate surface area is 120 Å². The van der Waals surface area contributed by atoms with Crippen LogP contribution in [0.15, 0.2) is 30.5 Å². The first-order valence-corrected chi connectivity index (χ1v) is 7.12. The maximum absolute atomic E-state index is 10.1. The Morgan fingerprint density at radius 1 is 1.30 bits per heavy atom. The van der Waals surface area contributed by atoms with E-state index >= 15 is 0 Å². The zero-order valence-electron chi connectivity index (χ0n) is 12.6. The van der Waals surface area contributed by atoms with Crippen molar-refractivity contribution in [3.05, 3.63) is 36.0 Å². The Morgan fingerprint density at radius 2 is 2.00 bits per heavy atom. The Morgan fingerprint density at radius 3 is 2.65 bits per heavy atom. The molecule has 4 nitrogen and oxygen atoms in total. The summed E-state index contributed by atoms with van der Waals surface area (Å²) in [6.45, 7) is 3.29. The first kappa shape index (κ1) is 15.0. The molecule has 0 saturated carbocycles. The summed E-state index contributed by atoms with van der Waals surface area (Å²) >= 11 is 0. The third-order valence-electron chi connectivity index (χ3n) is 3.40. The van der Waals surface area contributed by atoms with Gasteiger partial charge in [-0.05, 0) is 39.1 Å². The van der Waals surface area contributed by atoms with Gasteiger partial charge in [-0.2, -0.15) is 0 Å². The van der Waals surface area contributed by atoms with Gasteiger partial charge < -0.3 is 20.3 Å². The van der Waals surface area contributed by atoms with Crippen LogP contribution in [0.25, 0.3) is 10.9 Å². The molecule has 0 aliphatic rings. The van der Waals surface area contributed by atoms with Crippen LogP contribution in [-0.4, -0.2) is 47.4 Å². The second-order valence-electron chi connectivity index (χ2n) is 5.92. The summed E-state index contributed by atoms with van der Waals surface area (Å²) in [5.74, 6) is 0. The molecular weight excluding hydrogens is 250 g/mol. The highest BCUT2D eigenvalue weighted by atomic mass is 16.3. The number of rotatable bonds is 6. The van der Waals surface area contributed by atoms with Gasteiger partial charge in [0.25, 0.3) is 0 Å².